The normalized spacial score (nSPS) is 15.0. The largest absolute Gasteiger partial charge is 0.298 e. The number of benzene rings is 3. The molecule has 0 radical (unpaired) electrons. The third-order valence-corrected chi connectivity index (χ3v) is 5.00. The zero-order valence-electron chi connectivity index (χ0n) is 16.1. The lowest BCUT2D eigenvalue weighted by Crippen LogP contribution is -2.27. The highest BCUT2D eigenvalue weighted by atomic mass is 79.9. The quantitative estimate of drug-likeness (QED) is 0.225. The summed E-state index contributed by atoms with van der Waals surface area (Å²) in [5.41, 5.74) is 2.38. The molecule has 1 aliphatic heterocycles. The molecule has 1 aliphatic rings. The summed E-state index contributed by atoms with van der Waals surface area (Å²) < 4.78 is 0.946. The van der Waals surface area contributed by atoms with Crippen molar-refractivity contribution in [3.63, 3.8) is 0 Å². The summed E-state index contributed by atoms with van der Waals surface area (Å²) in [6.07, 6.45) is 3.18. The molecule has 1 amide bonds. The molecule has 1 heterocycles. The van der Waals surface area contributed by atoms with E-state index >= 15 is 0 Å². The molecule has 0 aliphatic carbocycles. The second-order valence-corrected chi connectivity index (χ2v) is 7.51. The average molecular weight is 475 g/mol. The van der Waals surface area contributed by atoms with Gasteiger partial charge in [0.05, 0.1) is 11.1 Å². The molecule has 0 bridgehead atoms. The fourth-order valence-corrected chi connectivity index (χ4v) is 3.18. The Morgan fingerprint density at radius 3 is 2.23 bits per heavy atom. The van der Waals surface area contributed by atoms with Gasteiger partial charge in [0.1, 0.15) is 5.70 Å². The van der Waals surface area contributed by atoms with E-state index in [0.717, 1.165) is 15.6 Å². The van der Waals surface area contributed by atoms with Gasteiger partial charge in [0, 0.05) is 22.2 Å². The van der Waals surface area contributed by atoms with Crippen molar-refractivity contribution in [3.05, 3.63) is 116 Å². The summed E-state index contributed by atoms with van der Waals surface area (Å²) in [5.74, 6) is 0.0256. The predicted molar refractivity (Wildman–Crippen MR) is 123 cm³/mol. The van der Waals surface area contributed by atoms with Gasteiger partial charge in [-0.3, -0.25) is 14.9 Å². The van der Waals surface area contributed by atoms with Crippen LogP contribution in [0.25, 0.3) is 6.08 Å². The van der Waals surface area contributed by atoms with Crippen LogP contribution in [0.15, 0.2) is 99.1 Å². The summed E-state index contributed by atoms with van der Waals surface area (Å²) in [4.78, 5) is 27.9. The number of hydrogen-bond donors (Lipinski definition) is 0. The number of carbonyl (C=O) groups excluding carboxylic acids is 1. The summed E-state index contributed by atoms with van der Waals surface area (Å²) in [7, 11) is 0. The molecule has 0 N–H and O–H groups in total. The van der Waals surface area contributed by atoms with E-state index in [1.54, 1.807) is 24.4 Å². The Hall–Kier alpha value is -3.91. The number of halogens is 1. The second kappa shape index (κ2) is 8.85. The number of rotatable bonds is 5. The standard InChI is InChI=1S/C23H15BrN4O3/c24-19-10-6-17(7-11-19)15-25-27-22(18-4-2-1-3-5-18)26-21(23(27)29)14-16-8-12-20(13-9-16)28(30)31/h1-15H/b21-14+,25-15+. The first-order chi connectivity index (χ1) is 15.0. The van der Waals surface area contributed by atoms with Gasteiger partial charge < -0.3 is 0 Å². The molecule has 0 unspecified atom stereocenters. The van der Waals surface area contributed by atoms with Gasteiger partial charge in [-0.25, -0.2) is 4.99 Å². The van der Waals surface area contributed by atoms with Crippen molar-refractivity contribution in [2.24, 2.45) is 10.1 Å². The topological polar surface area (TPSA) is 88.2 Å². The average Bonchev–Trinajstić information content (AvgIpc) is 3.09. The molecule has 0 saturated heterocycles. The first-order valence-corrected chi connectivity index (χ1v) is 10.0. The maximum Gasteiger partial charge on any atom is 0.298 e. The molecule has 0 atom stereocenters. The van der Waals surface area contributed by atoms with Crippen molar-refractivity contribution >= 4 is 45.7 Å². The lowest BCUT2D eigenvalue weighted by Gasteiger charge is -2.11. The number of hydrogen-bond acceptors (Lipinski definition) is 5. The Morgan fingerprint density at radius 2 is 1.58 bits per heavy atom. The van der Waals surface area contributed by atoms with E-state index in [9.17, 15) is 14.9 Å². The molecule has 3 aromatic carbocycles. The minimum absolute atomic E-state index is 0.0194. The van der Waals surface area contributed by atoms with Gasteiger partial charge in [-0.2, -0.15) is 10.1 Å². The van der Waals surface area contributed by atoms with Crippen LogP contribution in [-0.4, -0.2) is 27.9 Å². The van der Waals surface area contributed by atoms with E-state index in [0.29, 0.717) is 11.4 Å². The lowest BCUT2D eigenvalue weighted by atomic mass is 10.2. The Bertz CT molecular complexity index is 1220. The monoisotopic (exact) mass is 474 g/mol. The third-order valence-electron chi connectivity index (χ3n) is 4.47. The molecule has 0 fully saturated rings. The van der Waals surface area contributed by atoms with Gasteiger partial charge in [0.25, 0.3) is 11.6 Å². The number of amides is 1. The van der Waals surface area contributed by atoms with Crippen LogP contribution >= 0.6 is 15.9 Å². The molecule has 4 rings (SSSR count). The Morgan fingerprint density at radius 1 is 0.935 bits per heavy atom. The highest BCUT2D eigenvalue weighted by molar-refractivity contribution is 9.10. The van der Waals surface area contributed by atoms with Crippen LogP contribution in [0.3, 0.4) is 0 Å². The molecule has 8 heteroatoms. The molecule has 152 valence electrons. The van der Waals surface area contributed by atoms with Crippen LogP contribution < -0.4 is 0 Å². The van der Waals surface area contributed by atoms with E-state index in [1.807, 2.05) is 54.6 Å². The number of non-ortho nitro benzene ring substituents is 1. The van der Waals surface area contributed by atoms with Crippen molar-refractivity contribution in [2.75, 3.05) is 0 Å². The minimum Gasteiger partial charge on any atom is -0.265 e. The zero-order chi connectivity index (χ0) is 21.8. The van der Waals surface area contributed by atoms with Gasteiger partial charge in [0.15, 0.2) is 5.84 Å². The number of carbonyl (C=O) groups is 1. The number of aliphatic imine (C=N–C) groups is 1. The van der Waals surface area contributed by atoms with Gasteiger partial charge >= 0.3 is 0 Å². The van der Waals surface area contributed by atoms with Crippen LogP contribution in [0.5, 0.6) is 0 Å². The lowest BCUT2D eigenvalue weighted by molar-refractivity contribution is -0.384. The fraction of sp³-hybridized carbons (Fsp3) is 0. The fourth-order valence-electron chi connectivity index (χ4n) is 2.91. The first-order valence-electron chi connectivity index (χ1n) is 9.25. The summed E-state index contributed by atoms with van der Waals surface area (Å²) in [6, 6.07) is 22.7. The molecule has 3 aromatic rings. The summed E-state index contributed by atoms with van der Waals surface area (Å²) in [5, 5.41) is 16.5. The van der Waals surface area contributed by atoms with Crippen molar-refractivity contribution in [2.45, 2.75) is 0 Å². The molecule has 0 saturated carbocycles. The van der Waals surface area contributed by atoms with Gasteiger partial charge in [-0.05, 0) is 41.5 Å². The van der Waals surface area contributed by atoms with E-state index < -0.39 is 4.92 Å². The van der Waals surface area contributed by atoms with Crippen LogP contribution in [0.1, 0.15) is 16.7 Å². The highest BCUT2D eigenvalue weighted by Crippen LogP contribution is 2.23. The number of nitro benzene ring substituents is 1. The minimum atomic E-state index is -0.470. The van der Waals surface area contributed by atoms with Crippen molar-refractivity contribution in [3.8, 4) is 0 Å². The van der Waals surface area contributed by atoms with Gasteiger partial charge in [-0.1, -0.05) is 58.4 Å². The van der Waals surface area contributed by atoms with E-state index in [-0.39, 0.29) is 17.3 Å². The van der Waals surface area contributed by atoms with Crippen molar-refractivity contribution in [1.29, 1.82) is 0 Å². The first kappa shape index (κ1) is 20.4. The number of nitrogens with zero attached hydrogens (tertiary/aromatic N) is 4. The highest BCUT2D eigenvalue weighted by Gasteiger charge is 2.31. The SMILES string of the molecule is O=C1/C(=C\c2ccc([N+](=O)[O-])cc2)N=C(c2ccccc2)N1/N=C/c1ccc(Br)cc1. The second-order valence-electron chi connectivity index (χ2n) is 6.59. The summed E-state index contributed by atoms with van der Waals surface area (Å²) >= 11 is 3.39. The molecular formula is C23H15BrN4O3. The predicted octanol–water partition coefficient (Wildman–Crippen LogP) is 5.02. The van der Waals surface area contributed by atoms with Gasteiger partial charge in [0.2, 0.25) is 0 Å². The van der Waals surface area contributed by atoms with Crippen molar-refractivity contribution in [1.82, 2.24) is 5.01 Å². The number of hydrazone groups is 1. The Labute approximate surface area is 186 Å². The molecular weight excluding hydrogens is 460 g/mol. The Kier molecular flexibility index (Phi) is 5.81. The summed E-state index contributed by atoms with van der Waals surface area (Å²) in [6.45, 7) is 0. The van der Waals surface area contributed by atoms with E-state index in [2.05, 4.69) is 26.0 Å². The Balaban J connectivity index is 1.69. The molecule has 7 nitrogen and oxygen atoms in total. The molecule has 0 spiro atoms. The van der Waals surface area contributed by atoms with E-state index in [4.69, 9.17) is 0 Å². The van der Waals surface area contributed by atoms with Crippen LogP contribution in [0.4, 0.5) is 5.69 Å². The maximum atomic E-state index is 13.1. The van der Waals surface area contributed by atoms with Crippen LogP contribution in [0.2, 0.25) is 0 Å². The number of nitro groups is 1. The number of amidine groups is 1. The maximum absolute atomic E-state index is 13.1. The van der Waals surface area contributed by atoms with Crippen LogP contribution in [0, 0.1) is 10.1 Å². The van der Waals surface area contributed by atoms with Gasteiger partial charge in [-0.15, -0.1) is 0 Å². The molecule has 31 heavy (non-hydrogen) atoms. The van der Waals surface area contributed by atoms with Crippen LogP contribution in [-0.2, 0) is 4.79 Å². The smallest absolute Gasteiger partial charge is 0.265 e. The van der Waals surface area contributed by atoms with E-state index in [1.165, 1.54) is 17.1 Å². The van der Waals surface area contributed by atoms with Crippen molar-refractivity contribution < 1.29 is 9.72 Å². The zero-order valence-corrected chi connectivity index (χ0v) is 17.6. The molecule has 0 aromatic heterocycles. The third kappa shape index (κ3) is 4.65.